The number of epoxide rings is 1. The molecule has 200 valence electrons. The highest BCUT2D eigenvalue weighted by molar-refractivity contribution is 7.77. The predicted octanol–water partition coefficient (Wildman–Crippen LogP) is 2.83. The van der Waals surface area contributed by atoms with Gasteiger partial charge in [0, 0.05) is 16.4 Å². The molecule has 0 amide bonds. The minimum Gasteiger partial charge on any atom is -0.742 e. The summed E-state index contributed by atoms with van der Waals surface area (Å²) in [4.78, 5) is 36.9. The number of ketones is 1. The fourth-order valence-electron chi connectivity index (χ4n) is 7.74. The SMILES string of the molecule is CC(C)C(=O)OC1C[C@H]2[C@@H]3C[C@H](F)C4=CC(=O)C=C[C@]4(C)[C@@]34O[C@H]4C[C@]2(C)[C@H]1C(=O)[S-].CC[NH2+]CC. The lowest BCUT2D eigenvalue weighted by Crippen LogP contribution is -2.82. The molecule has 5 rings (SSSR count). The molecule has 5 aliphatic rings. The average Bonchev–Trinajstić information content (AvgIpc) is 3.44. The van der Waals surface area contributed by atoms with Gasteiger partial charge < -0.3 is 32.2 Å². The lowest BCUT2D eigenvalue weighted by Gasteiger charge is -2.55. The molecule has 1 unspecified atom stereocenters. The summed E-state index contributed by atoms with van der Waals surface area (Å²) in [5, 5.41) is 1.85. The van der Waals surface area contributed by atoms with Crippen molar-refractivity contribution in [3.63, 3.8) is 0 Å². The molecule has 0 aromatic rings. The van der Waals surface area contributed by atoms with Crippen molar-refractivity contribution < 1.29 is 33.6 Å². The molecule has 4 fully saturated rings. The third kappa shape index (κ3) is 3.99. The predicted molar refractivity (Wildman–Crippen MR) is 135 cm³/mol. The average molecular weight is 522 g/mol. The van der Waals surface area contributed by atoms with E-state index in [-0.39, 0.29) is 42.0 Å². The van der Waals surface area contributed by atoms with Crippen molar-refractivity contribution in [3.8, 4) is 0 Å². The minimum absolute atomic E-state index is 0.0595. The Balaban J connectivity index is 0.000000556. The maximum Gasteiger partial charge on any atom is 0.308 e. The number of nitrogens with two attached hydrogens (primary N) is 1. The normalized spacial score (nSPS) is 43.8. The Labute approximate surface area is 219 Å². The number of fused-ring (bicyclic) bond motifs is 3. The summed E-state index contributed by atoms with van der Waals surface area (Å²) in [5.41, 5.74) is -1.30. The minimum atomic E-state index is -1.25. The molecule has 3 saturated carbocycles. The maximum absolute atomic E-state index is 15.5. The Morgan fingerprint density at radius 1 is 1.22 bits per heavy atom. The quantitative estimate of drug-likeness (QED) is 0.340. The Bertz CT molecular complexity index is 994. The van der Waals surface area contributed by atoms with Crippen LogP contribution >= 0.6 is 0 Å². The zero-order valence-electron chi connectivity index (χ0n) is 22.2. The lowest BCUT2D eigenvalue weighted by atomic mass is 9.47. The van der Waals surface area contributed by atoms with Crippen LogP contribution in [0, 0.1) is 34.5 Å². The zero-order valence-corrected chi connectivity index (χ0v) is 23.0. The largest absolute Gasteiger partial charge is 0.742 e. The van der Waals surface area contributed by atoms with Crippen LogP contribution in [0.3, 0.4) is 0 Å². The third-order valence-corrected chi connectivity index (χ3v) is 9.75. The number of rotatable bonds is 5. The summed E-state index contributed by atoms with van der Waals surface area (Å²) in [6.45, 7) is 14.3. The number of carbonyl (C=O) groups excluding carboxylic acids is 3. The van der Waals surface area contributed by atoms with Crippen LogP contribution in [0.5, 0.6) is 0 Å². The number of allylic oxidation sites excluding steroid dienone is 2. The van der Waals surface area contributed by atoms with E-state index < -0.39 is 39.7 Å². The van der Waals surface area contributed by atoms with Gasteiger partial charge in [-0.1, -0.05) is 26.8 Å². The number of carbonyl (C=O) groups is 3. The van der Waals surface area contributed by atoms with Gasteiger partial charge in [0.15, 0.2) is 5.78 Å². The monoisotopic (exact) mass is 521 g/mol. The molecule has 6 nitrogen and oxygen atoms in total. The molecular formula is C28H40FNO5S. The Morgan fingerprint density at radius 2 is 1.89 bits per heavy atom. The maximum atomic E-state index is 15.5. The third-order valence-electron chi connectivity index (χ3n) is 9.49. The van der Waals surface area contributed by atoms with Crippen LogP contribution in [0.15, 0.2) is 23.8 Å². The van der Waals surface area contributed by atoms with E-state index in [1.807, 2.05) is 19.9 Å². The number of esters is 1. The summed E-state index contributed by atoms with van der Waals surface area (Å²) >= 11 is 5.12. The number of hydrogen-bond donors (Lipinski definition) is 1. The first kappa shape index (κ1) is 27.4. The van der Waals surface area contributed by atoms with Crippen LogP contribution in [-0.4, -0.2) is 53.9 Å². The van der Waals surface area contributed by atoms with Gasteiger partial charge in [-0.25, -0.2) is 4.39 Å². The van der Waals surface area contributed by atoms with Crippen molar-refractivity contribution in [1.29, 1.82) is 0 Å². The molecule has 8 heteroatoms. The second-order valence-corrected chi connectivity index (χ2v) is 12.2. The van der Waals surface area contributed by atoms with Crippen LogP contribution in [0.1, 0.15) is 60.8 Å². The first-order valence-corrected chi connectivity index (χ1v) is 13.8. The molecule has 1 saturated heterocycles. The van der Waals surface area contributed by atoms with Gasteiger partial charge in [-0.3, -0.25) is 9.59 Å². The smallest absolute Gasteiger partial charge is 0.308 e. The number of halogens is 1. The van der Waals surface area contributed by atoms with Crippen LogP contribution in [0.2, 0.25) is 0 Å². The lowest BCUT2D eigenvalue weighted by molar-refractivity contribution is -0.648. The van der Waals surface area contributed by atoms with E-state index in [2.05, 4.69) is 19.2 Å². The van der Waals surface area contributed by atoms with Crippen LogP contribution in [0.4, 0.5) is 4.39 Å². The molecule has 9 atom stereocenters. The van der Waals surface area contributed by atoms with Gasteiger partial charge in [0.2, 0.25) is 0 Å². The van der Waals surface area contributed by atoms with E-state index in [4.69, 9.17) is 22.1 Å². The van der Waals surface area contributed by atoms with Crippen molar-refractivity contribution >= 4 is 29.5 Å². The summed E-state index contributed by atoms with van der Waals surface area (Å²) in [7, 11) is 0. The number of alkyl halides is 1. The number of quaternary nitrogens is 1. The molecule has 36 heavy (non-hydrogen) atoms. The molecule has 0 aromatic heterocycles. The molecule has 1 heterocycles. The molecule has 0 aromatic carbocycles. The van der Waals surface area contributed by atoms with Crippen LogP contribution in [0.25, 0.3) is 0 Å². The van der Waals surface area contributed by atoms with Gasteiger partial charge in [0.1, 0.15) is 17.9 Å². The van der Waals surface area contributed by atoms with E-state index in [1.165, 1.54) is 25.2 Å². The van der Waals surface area contributed by atoms with Crippen LogP contribution < -0.4 is 5.32 Å². The van der Waals surface area contributed by atoms with Crippen molar-refractivity contribution in [2.45, 2.75) is 84.8 Å². The van der Waals surface area contributed by atoms with Gasteiger partial charge in [-0.15, -0.1) is 0 Å². The van der Waals surface area contributed by atoms with Gasteiger partial charge >= 0.3 is 5.97 Å². The molecular weight excluding hydrogens is 481 g/mol. The van der Waals surface area contributed by atoms with E-state index in [0.717, 1.165) is 0 Å². The van der Waals surface area contributed by atoms with Crippen molar-refractivity contribution in [2.24, 2.45) is 34.5 Å². The topological polar surface area (TPSA) is 89.6 Å². The molecule has 1 aliphatic heterocycles. The molecule has 4 aliphatic carbocycles. The van der Waals surface area contributed by atoms with E-state index in [9.17, 15) is 14.4 Å². The summed E-state index contributed by atoms with van der Waals surface area (Å²) in [6.07, 6.45) is 4.10. The van der Waals surface area contributed by atoms with Crippen molar-refractivity contribution in [2.75, 3.05) is 13.1 Å². The van der Waals surface area contributed by atoms with Gasteiger partial charge in [0.25, 0.3) is 0 Å². The van der Waals surface area contributed by atoms with Gasteiger partial charge in [-0.2, -0.15) is 0 Å². The van der Waals surface area contributed by atoms with Crippen molar-refractivity contribution in [3.05, 3.63) is 23.8 Å². The standard InChI is InChI=1S/C24H29FO5S.C4H11N/c1-11(2)20(27)29-17-9-13-14-8-16(25)15-7-12(26)5-6-23(15,4)24(14)18(30-24)10-22(13,3)19(17)21(28)31;1-3-5-4-2/h5-7,11,13-14,16-19H,8-10H2,1-4H3,(H,28,31);5H,3-4H2,1-2H3/t13-,14-,16-,17?,18-,19+,22-,23-,24+;/m0./s1. The first-order chi connectivity index (χ1) is 16.9. The number of hydrogen-bond acceptors (Lipinski definition) is 6. The fraction of sp³-hybridized carbons (Fsp3) is 0.750. The molecule has 0 bridgehead atoms. The highest BCUT2D eigenvalue weighted by Gasteiger charge is 2.80. The first-order valence-electron chi connectivity index (χ1n) is 13.4. The highest BCUT2D eigenvalue weighted by atomic mass is 32.1. The van der Waals surface area contributed by atoms with Crippen molar-refractivity contribution in [1.82, 2.24) is 0 Å². The van der Waals surface area contributed by atoms with E-state index in [1.54, 1.807) is 13.8 Å². The second-order valence-electron chi connectivity index (χ2n) is 11.8. The summed E-state index contributed by atoms with van der Waals surface area (Å²) in [5.74, 6) is -1.64. The van der Waals surface area contributed by atoms with Crippen LogP contribution in [-0.2, 0) is 36.5 Å². The van der Waals surface area contributed by atoms with Gasteiger partial charge in [0.05, 0.1) is 25.1 Å². The molecule has 2 N–H and O–H groups in total. The zero-order chi connectivity index (χ0) is 26.6. The molecule has 0 radical (unpaired) electrons. The Kier molecular flexibility index (Phi) is 7.30. The Hall–Kier alpha value is -1.64. The fourth-order valence-corrected chi connectivity index (χ4v) is 8.16. The second kappa shape index (κ2) is 9.59. The Morgan fingerprint density at radius 3 is 2.44 bits per heavy atom. The van der Waals surface area contributed by atoms with Gasteiger partial charge in [-0.05, 0) is 75.0 Å². The summed E-state index contributed by atoms with van der Waals surface area (Å²) in [6, 6.07) is 0. The number of ether oxygens (including phenoxy) is 2. The highest BCUT2D eigenvalue weighted by Crippen LogP contribution is 2.75. The van der Waals surface area contributed by atoms with E-state index >= 15 is 4.39 Å². The van der Waals surface area contributed by atoms with E-state index in [0.29, 0.717) is 18.4 Å². The summed E-state index contributed by atoms with van der Waals surface area (Å²) < 4.78 is 27.6. The molecule has 1 spiro atoms.